The number of carbonyl (C=O) groups excluding carboxylic acids is 1. The summed E-state index contributed by atoms with van der Waals surface area (Å²) in [5.74, 6) is 1.48. The van der Waals surface area contributed by atoms with Gasteiger partial charge in [0, 0.05) is 5.56 Å². The molecule has 100 valence electrons. The Morgan fingerprint density at radius 3 is 2.45 bits per heavy atom. The van der Waals surface area contributed by atoms with Crippen LogP contribution in [0.25, 0.3) is 10.8 Å². The highest BCUT2D eigenvalue weighted by molar-refractivity contribution is 6.17. The van der Waals surface area contributed by atoms with Crippen molar-refractivity contribution < 1.29 is 9.21 Å². The van der Waals surface area contributed by atoms with Crippen molar-refractivity contribution in [1.82, 2.24) is 0 Å². The van der Waals surface area contributed by atoms with Gasteiger partial charge in [0.25, 0.3) is 0 Å². The number of aryl methyl sites for hydroxylation is 3. The van der Waals surface area contributed by atoms with Gasteiger partial charge in [-0.1, -0.05) is 36.4 Å². The monoisotopic (exact) mass is 264 g/mol. The van der Waals surface area contributed by atoms with Crippen LogP contribution in [0.5, 0.6) is 0 Å². The van der Waals surface area contributed by atoms with Gasteiger partial charge in [-0.3, -0.25) is 4.79 Å². The minimum absolute atomic E-state index is 0.0358. The van der Waals surface area contributed by atoms with Gasteiger partial charge in [0.1, 0.15) is 11.5 Å². The Labute approximate surface area is 118 Å². The Morgan fingerprint density at radius 2 is 1.75 bits per heavy atom. The summed E-state index contributed by atoms with van der Waals surface area (Å²) in [4.78, 5) is 12.9. The summed E-state index contributed by atoms with van der Waals surface area (Å²) < 4.78 is 5.49. The van der Waals surface area contributed by atoms with Crippen LogP contribution in [0.15, 0.2) is 46.9 Å². The van der Waals surface area contributed by atoms with Crippen LogP contribution in [0.4, 0.5) is 0 Å². The van der Waals surface area contributed by atoms with Gasteiger partial charge >= 0.3 is 0 Å². The van der Waals surface area contributed by atoms with E-state index in [-0.39, 0.29) is 5.78 Å². The number of hydrogen-bond donors (Lipinski definition) is 0. The van der Waals surface area contributed by atoms with Crippen molar-refractivity contribution in [3.8, 4) is 0 Å². The van der Waals surface area contributed by atoms with Crippen LogP contribution < -0.4 is 0 Å². The van der Waals surface area contributed by atoms with E-state index >= 15 is 0 Å². The predicted molar refractivity (Wildman–Crippen MR) is 80.3 cm³/mol. The Kier molecular flexibility index (Phi) is 2.94. The molecular formula is C18H16O2. The Morgan fingerprint density at radius 1 is 1.00 bits per heavy atom. The fourth-order valence-electron chi connectivity index (χ4n) is 2.67. The quantitative estimate of drug-likeness (QED) is 0.634. The molecule has 0 aliphatic heterocycles. The van der Waals surface area contributed by atoms with Crippen molar-refractivity contribution >= 4 is 16.6 Å². The molecule has 0 fully saturated rings. The normalized spacial score (nSPS) is 10.9. The maximum absolute atomic E-state index is 12.9. The van der Waals surface area contributed by atoms with Gasteiger partial charge < -0.3 is 4.42 Å². The van der Waals surface area contributed by atoms with Gasteiger partial charge in [-0.15, -0.1) is 0 Å². The third kappa shape index (κ3) is 1.94. The van der Waals surface area contributed by atoms with Crippen molar-refractivity contribution in [1.29, 1.82) is 0 Å². The van der Waals surface area contributed by atoms with Crippen LogP contribution >= 0.6 is 0 Å². The lowest BCUT2D eigenvalue weighted by molar-refractivity contribution is 0.103. The molecule has 2 nitrogen and oxygen atoms in total. The van der Waals surface area contributed by atoms with E-state index < -0.39 is 0 Å². The molecular weight excluding hydrogens is 248 g/mol. The molecule has 0 amide bonds. The molecule has 3 aromatic rings. The first kappa shape index (κ1) is 12.7. The molecule has 0 saturated heterocycles. The average Bonchev–Trinajstić information content (AvgIpc) is 2.77. The molecule has 0 unspecified atom stereocenters. The topological polar surface area (TPSA) is 30.2 Å². The number of hydrogen-bond acceptors (Lipinski definition) is 2. The highest BCUT2D eigenvalue weighted by atomic mass is 16.3. The molecule has 20 heavy (non-hydrogen) atoms. The number of ketones is 1. The van der Waals surface area contributed by atoms with Crippen LogP contribution in [-0.4, -0.2) is 5.78 Å². The lowest BCUT2D eigenvalue weighted by Crippen LogP contribution is -2.05. The lowest BCUT2D eigenvalue weighted by atomic mass is 9.93. The maximum atomic E-state index is 12.9. The third-order valence-electron chi connectivity index (χ3n) is 3.65. The second kappa shape index (κ2) is 4.64. The fraction of sp³-hybridized carbons (Fsp3) is 0.167. The number of carbonyl (C=O) groups is 1. The van der Waals surface area contributed by atoms with E-state index in [1.54, 1.807) is 0 Å². The third-order valence-corrected chi connectivity index (χ3v) is 3.65. The summed E-state index contributed by atoms with van der Waals surface area (Å²) in [6, 6.07) is 13.8. The van der Waals surface area contributed by atoms with Crippen LogP contribution in [0.2, 0.25) is 0 Å². The predicted octanol–water partition coefficient (Wildman–Crippen LogP) is 4.59. The Balaban J connectivity index is 2.26. The molecule has 2 aromatic carbocycles. The molecule has 0 aliphatic carbocycles. The van der Waals surface area contributed by atoms with Crippen LogP contribution in [-0.2, 0) is 0 Å². The minimum Gasteiger partial charge on any atom is -0.466 e. The van der Waals surface area contributed by atoms with E-state index in [4.69, 9.17) is 4.42 Å². The van der Waals surface area contributed by atoms with E-state index in [9.17, 15) is 4.79 Å². The molecule has 0 saturated carbocycles. The van der Waals surface area contributed by atoms with Gasteiger partial charge in [-0.05, 0) is 43.2 Å². The van der Waals surface area contributed by atoms with Crippen molar-refractivity contribution in [2.24, 2.45) is 0 Å². The van der Waals surface area contributed by atoms with E-state index in [1.165, 1.54) is 0 Å². The van der Waals surface area contributed by atoms with Crippen LogP contribution in [0, 0.1) is 20.8 Å². The zero-order valence-electron chi connectivity index (χ0n) is 11.9. The zero-order chi connectivity index (χ0) is 14.3. The standard InChI is InChI=1S/C18H16O2/c1-11-8-9-14-6-4-5-7-15(14)17(11)18(19)16-10-12(2)20-13(16)3/h4-10H,1-3H3. The molecule has 0 bridgehead atoms. The zero-order valence-corrected chi connectivity index (χ0v) is 11.9. The van der Waals surface area contributed by atoms with Crippen LogP contribution in [0.1, 0.15) is 33.0 Å². The summed E-state index contributed by atoms with van der Waals surface area (Å²) in [7, 11) is 0. The van der Waals surface area contributed by atoms with E-state index in [1.807, 2.05) is 57.2 Å². The second-order valence-corrected chi connectivity index (χ2v) is 5.13. The number of fused-ring (bicyclic) bond motifs is 1. The average molecular weight is 264 g/mol. The van der Waals surface area contributed by atoms with Crippen molar-refractivity contribution in [3.63, 3.8) is 0 Å². The first-order valence-corrected chi connectivity index (χ1v) is 6.68. The minimum atomic E-state index is 0.0358. The molecule has 0 atom stereocenters. The van der Waals surface area contributed by atoms with Gasteiger partial charge in [0.2, 0.25) is 0 Å². The first-order chi connectivity index (χ1) is 9.58. The largest absolute Gasteiger partial charge is 0.466 e. The van der Waals surface area contributed by atoms with Crippen LogP contribution in [0.3, 0.4) is 0 Å². The molecule has 1 heterocycles. The molecule has 3 rings (SSSR count). The van der Waals surface area contributed by atoms with Crippen molar-refractivity contribution in [2.75, 3.05) is 0 Å². The fourth-order valence-corrected chi connectivity index (χ4v) is 2.67. The second-order valence-electron chi connectivity index (χ2n) is 5.13. The highest BCUT2D eigenvalue weighted by Crippen LogP contribution is 2.26. The smallest absolute Gasteiger partial charge is 0.197 e. The molecule has 0 aliphatic rings. The van der Waals surface area contributed by atoms with Crippen molar-refractivity contribution in [2.45, 2.75) is 20.8 Å². The molecule has 0 N–H and O–H groups in total. The Hall–Kier alpha value is -2.35. The number of furan rings is 1. The van der Waals surface area contributed by atoms with E-state index in [2.05, 4.69) is 6.07 Å². The first-order valence-electron chi connectivity index (χ1n) is 6.68. The number of rotatable bonds is 2. The van der Waals surface area contributed by atoms with Crippen molar-refractivity contribution in [3.05, 3.63) is 70.7 Å². The number of benzene rings is 2. The van der Waals surface area contributed by atoms with Gasteiger partial charge in [-0.25, -0.2) is 0 Å². The summed E-state index contributed by atoms with van der Waals surface area (Å²) in [6.45, 7) is 5.67. The highest BCUT2D eigenvalue weighted by Gasteiger charge is 2.19. The summed E-state index contributed by atoms with van der Waals surface area (Å²) >= 11 is 0. The van der Waals surface area contributed by atoms with Gasteiger partial charge in [0.05, 0.1) is 5.56 Å². The van der Waals surface area contributed by atoms with Gasteiger partial charge in [0.15, 0.2) is 5.78 Å². The van der Waals surface area contributed by atoms with E-state index in [0.29, 0.717) is 11.3 Å². The molecule has 0 spiro atoms. The Bertz CT molecular complexity index is 809. The van der Waals surface area contributed by atoms with Gasteiger partial charge in [-0.2, -0.15) is 0 Å². The molecule has 2 heteroatoms. The molecule has 0 radical (unpaired) electrons. The van der Waals surface area contributed by atoms with E-state index in [0.717, 1.165) is 27.7 Å². The lowest BCUT2D eigenvalue weighted by Gasteiger charge is -2.09. The molecule has 1 aromatic heterocycles. The SMILES string of the molecule is Cc1cc(C(=O)c2c(C)ccc3ccccc23)c(C)o1. The maximum Gasteiger partial charge on any atom is 0.197 e. The summed E-state index contributed by atoms with van der Waals surface area (Å²) in [5, 5.41) is 2.08. The summed E-state index contributed by atoms with van der Waals surface area (Å²) in [6.07, 6.45) is 0. The summed E-state index contributed by atoms with van der Waals surface area (Å²) in [5.41, 5.74) is 2.42.